The lowest BCUT2D eigenvalue weighted by molar-refractivity contribution is 0.0487. The number of nitrogens with zero attached hydrogens (tertiary/aromatic N) is 4. The first kappa shape index (κ1) is 16.7. The molecule has 2 saturated heterocycles. The van der Waals surface area contributed by atoms with Gasteiger partial charge in [0.05, 0.1) is 11.8 Å². The number of ether oxygens (including phenoxy) is 1. The Bertz CT molecular complexity index is 790. The molecule has 6 nitrogen and oxygen atoms in total. The summed E-state index contributed by atoms with van der Waals surface area (Å²) in [4.78, 5) is 21.9. The van der Waals surface area contributed by atoms with Crippen molar-refractivity contribution in [1.82, 2.24) is 19.2 Å². The molecule has 0 unspecified atom stereocenters. The molecule has 2 aliphatic heterocycles. The standard InChI is InChI=1S/C19H26N4O2/c1-15-4-2-6-23-18(24)12-16(20-19(15)23)13-21-7-9-22(10-8-21)14-17-5-3-11-25-17/h2,4,6,12,17H,3,5,7-11,13-14H2,1H3/t17-/m1/s1. The van der Waals surface area contributed by atoms with Crippen LogP contribution in [0.1, 0.15) is 24.1 Å². The van der Waals surface area contributed by atoms with Crippen LogP contribution in [0, 0.1) is 6.92 Å². The number of rotatable bonds is 4. The molecular weight excluding hydrogens is 316 g/mol. The van der Waals surface area contributed by atoms with Gasteiger partial charge in [0.25, 0.3) is 5.56 Å². The number of hydrogen-bond donors (Lipinski definition) is 0. The molecule has 25 heavy (non-hydrogen) atoms. The second-order valence-electron chi connectivity index (χ2n) is 7.18. The monoisotopic (exact) mass is 342 g/mol. The first-order valence-corrected chi connectivity index (χ1v) is 9.23. The second-order valence-corrected chi connectivity index (χ2v) is 7.18. The fourth-order valence-electron chi connectivity index (χ4n) is 3.83. The van der Waals surface area contributed by atoms with Crippen molar-refractivity contribution in [3.05, 3.63) is 46.0 Å². The van der Waals surface area contributed by atoms with Crippen LogP contribution in [0.4, 0.5) is 0 Å². The van der Waals surface area contributed by atoms with Crippen molar-refractivity contribution in [2.45, 2.75) is 32.4 Å². The van der Waals surface area contributed by atoms with E-state index in [1.807, 2.05) is 19.1 Å². The summed E-state index contributed by atoms with van der Waals surface area (Å²) >= 11 is 0. The Morgan fingerprint density at radius 2 is 2.04 bits per heavy atom. The molecule has 134 valence electrons. The van der Waals surface area contributed by atoms with Crippen LogP contribution < -0.4 is 5.56 Å². The van der Waals surface area contributed by atoms with Crippen LogP contribution in [-0.4, -0.2) is 64.6 Å². The molecule has 4 heterocycles. The van der Waals surface area contributed by atoms with Crippen LogP contribution in [-0.2, 0) is 11.3 Å². The van der Waals surface area contributed by atoms with E-state index in [0.717, 1.165) is 62.8 Å². The van der Waals surface area contributed by atoms with E-state index in [1.54, 1.807) is 16.7 Å². The highest BCUT2D eigenvalue weighted by atomic mass is 16.5. The fourth-order valence-corrected chi connectivity index (χ4v) is 3.83. The van der Waals surface area contributed by atoms with Gasteiger partial charge in [-0.15, -0.1) is 0 Å². The van der Waals surface area contributed by atoms with Gasteiger partial charge in [0, 0.05) is 58.1 Å². The quantitative estimate of drug-likeness (QED) is 0.838. The van der Waals surface area contributed by atoms with Crippen LogP contribution in [0.25, 0.3) is 5.65 Å². The molecule has 6 heteroatoms. The van der Waals surface area contributed by atoms with E-state index in [-0.39, 0.29) is 5.56 Å². The Morgan fingerprint density at radius 3 is 2.80 bits per heavy atom. The number of aryl methyl sites for hydroxylation is 1. The summed E-state index contributed by atoms with van der Waals surface area (Å²) in [7, 11) is 0. The summed E-state index contributed by atoms with van der Waals surface area (Å²) in [6.45, 7) is 8.87. The summed E-state index contributed by atoms with van der Waals surface area (Å²) in [6, 6.07) is 5.55. The Kier molecular flexibility index (Phi) is 4.83. The molecule has 0 N–H and O–H groups in total. The lowest BCUT2D eigenvalue weighted by Gasteiger charge is -2.35. The molecule has 0 saturated carbocycles. The van der Waals surface area contributed by atoms with Crippen molar-refractivity contribution >= 4 is 5.65 Å². The van der Waals surface area contributed by atoms with Crippen molar-refractivity contribution < 1.29 is 4.74 Å². The van der Waals surface area contributed by atoms with Crippen LogP contribution in [0.2, 0.25) is 0 Å². The maximum absolute atomic E-state index is 12.3. The van der Waals surface area contributed by atoms with Crippen molar-refractivity contribution in [2.75, 3.05) is 39.3 Å². The van der Waals surface area contributed by atoms with Crippen molar-refractivity contribution in [3.8, 4) is 0 Å². The van der Waals surface area contributed by atoms with Gasteiger partial charge in [-0.2, -0.15) is 0 Å². The molecule has 2 aromatic heterocycles. The van der Waals surface area contributed by atoms with Crippen LogP contribution in [0.3, 0.4) is 0 Å². The Hall–Kier alpha value is -1.76. The van der Waals surface area contributed by atoms with E-state index in [1.165, 1.54) is 12.8 Å². The van der Waals surface area contributed by atoms with E-state index < -0.39 is 0 Å². The maximum atomic E-state index is 12.3. The summed E-state index contributed by atoms with van der Waals surface area (Å²) in [5, 5.41) is 0. The Balaban J connectivity index is 1.39. The number of aromatic nitrogens is 2. The predicted octanol–water partition coefficient (Wildman–Crippen LogP) is 1.30. The van der Waals surface area contributed by atoms with Crippen molar-refractivity contribution in [3.63, 3.8) is 0 Å². The SMILES string of the molecule is Cc1cccn2c(=O)cc(CN3CCN(C[C@H]4CCCO4)CC3)nc12. The third-order valence-corrected chi connectivity index (χ3v) is 5.28. The average molecular weight is 342 g/mol. The van der Waals surface area contributed by atoms with Crippen molar-refractivity contribution in [2.24, 2.45) is 0 Å². The third kappa shape index (κ3) is 3.76. The molecule has 1 atom stereocenters. The zero-order chi connectivity index (χ0) is 17.2. The molecule has 2 aliphatic rings. The zero-order valence-corrected chi connectivity index (χ0v) is 14.9. The van der Waals surface area contributed by atoms with Gasteiger partial charge in [-0.25, -0.2) is 4.98 Å². The molecule has 0 aromatic carbocycles. The topological polar surface area (TPSA) is 50.1 Å². The van der Waals surface area contributed by atoms with Gasteiger partial charge >= 0.3 is 0 Å². The van der Waals surface area contributed by atoms with Crippen LogP contribution in [0.15, 0.2) is 29.2 Å². The van der Waals surface area contributed by atoms with E-state index in [4.69, 9.17) is 9.72 Å². The van der Waals surface area contributed by atoms with E-state index in [9.17, 15) is 4.79 Å². The summed E-state index contributed by atoms with van der Waals surface area (Å²) in [5.74, 6) is 0. The predicted molar refractivity (Wildman–Crippen MR) is 96.9 cm³/mol. The highest BCUT2D eigenvalue weighted by Gasteiger charge is 2.23. The van der Waals surface area contributed by atoms with Gasteiger partial charge in [-0.05, 0) is 31.4 Å². The van der Waals surface area contributed by atoms with Gasteiger partial charge in [0.15, 0.2) is 0 Å². The minimum atomic E-state index is 0.000665. The minimum Gasteiger partial charge on any atom is -0.377 e. The molecule has 0 aliphatic carbocycles. The summed E-state index contributed by atoms with van der Waals surface area (Å²) in [6.07, 6.45) is 4.61. The molecule has 2 aromatic rings. The minimum absolute atomic E-state index is 0.000665. The van der Waals surface area contributed by atoms with Crippen LogP contribution in [0.5, 0.6) is 0 Å². The Labute approximate surface area is 148 Å². The lowest BCUT2D eigenvalue weighted by Crippen LogP contribution is -2.48. The fraction of sp³-hybridized carbons (Fsp3) is 0.579. The molecule has 0 spiro atoms. The third-order valence-electron chi connectivity index (χ3n) is 5.28. The molecule has 0 amide bonds. The molecule has 4 rings (SSSR count). The number of piperazine rings is 1. The summed E-state index contributed by atoms with van der Waals surface area (Å²) < 4.78 is 7.36. The molecular formula is C19H26N4O2. The van der Waals surface area contributed by atoms with Crippen molar-refractivity contribution in [1.29, 1.82) is 0 Å². The van der Waals surface area contributed by atoms with Crippen LogP contribution >= 0.6 is 0 Å². The van der Waals surface area contributed by atoms with Gasteiger partial charge in [0.1, 0.15) is 5.65 Å². The largest absolute Gasteiger partial charge is 0.377 e. The van der Waals surface area contributed by atoms with Gasteiger partial charge in [0.2, 0.25) is 0 Å². The highest BCUT2D eigenvalue weighted by molar-refractivity contribution is 5.46. The Morgan fingerprint density at radius 1 is 1.24 bits per heavy atom. The maximum Gasteiger partial charge on any atom is 0.258 e. The molecule has 2 fully saturated rings. The second kappa shape index (κ2) is 7.23. The van der Waals surface area contributed by atoms with Gasteiger partial charge in [-0.3, -0.25) is 19.0 Å². The summed E-state index contributed by atoms with van der Waals surface area (Å²) in [5.41, 5.74) is 2.66. The smallest absolute Gasteiger partial charge is 0.258 e. The average Bonchev–Trinajstić information content (AvgIpc) is 3.11. The van der Waals surface area contributed by atoms with Gasteiger partial charge in [-0.1, -0.05) is 6.07 Å². The van der Waals surface area contributed by atoms with E-state index in [2.05, 4.69) is 9.80 Å². The van der Waals surface area contributed by atoms with Gasteiger partial charge < -0.3 is 4.74 Å². The number of pyridine rings is 1. The molecule has 0 radical (unpaired) electrons. The zero-order valence-electron chi connectivity index (χ0n) is 14.9. The first-order chi connectivity index (χ1) is 12.2. The lowest BCUT2D eigenvalue weighted by atomic mass is 10.2. The number of fused-ring (bicyclic) bond motifs is 1. The molecule has 0 bridgehead atoms. The highest BCUT2D eigenvalue weighted by Crippen LogP contribution is 2.15. The van der Waals surface area contributed by atoms with E-state index in [0.29, 0.717) is 6.10 Å². The number of hydrogen-bond acceptors (Lipinski definition) is 5. The van der Waals surface area contributed by atoms with E-state index >= 15 is 0 Å². The first-order valence-electron chi connectivity index (χ1n) is 9.23. The normalized spacial score (nSPS) is 22.7.